The molecular weight excluding hydrogens is 386 g/mol. The lowest BCUT2D eigenvalue weighted by Crippen LogP contribution is -2.14. The van der Waals surface area contributed by atoms with E-state index in [-0.39, 0.29) is 27.6 Å². The molecule has 0 aliphatic heterocycles. The van der Waals surface area contributed by atoms with Gasteiger partial charge in [-0.3, -0.25) is 4.79 Å². The number of rotatable bonds is 7. The van der Waals surface area contributed by atoms with Gasteiger partial charge < -0.3 is 24.3 Å². The molecule has 1 aromatic heterocycles. The Morgan fingerprint density at radius 2 is 1.71 bits per heavy atom. The summed E-state index contributed by atoms with van der Waals surface area (Å²) in [4.78, 5) is 37.3. The van der Waals surface area contributed by atoms with Crippen LogP contribution in [0.15, 0.2) is 18.2 Å². The second kappa shape index (κ2) is 9.23. The summed E-state index contributed by atoms with van der Waals surface area (Å²) in [6.45, 7) is 3.47. The van der Waals surface area contributed by atoms with E-state index in [1.165, 1.54) is 27.4 Å². The molecule has 0 spiro atoms. The monoisotopic (exact) mass is 407 g/mol. The molecule has 0 fully saturated rings. The Kier molecular flexibility index (Phi) is 7.00. The van der Waals surface area contributed by atoms with Gasteiger partial charge in [0, 0.05) is 5.56 Å². The van der Waals surface area contributed by atoms with Crippen LogP contribution in [0.4, 0.5) is 5.00 Å². The minimum absolute atomic E-state index is 0.115. The van der Waals surface area contributed by atoms with E-state index >= 15 is 0 Å². The van der Waals surface area contributed by atoms with Gasteiger partial charge in [-0.25, -0.2) is 9.59 Å². The summed E-state index contributed by atoms with van der Waals surface area (Å²) in [5, 5.41) is 2.86. The van der Waals surface area contributed by atoms with Crippen molar-refractivity contribution in [2.24, 2.45) is 0 Å². The van der Waals surface area contributed by atoms with E-state index < -0.39 is 17.8 Å². The normalized spacial score (nSPS) is 10.2. The van der Waals surface area contributed by atoms with Gasteiger partial charge in [-0.2, -0.15) is 0 Å². The van der Waals surface area contributed by atoms with Crippen LogP contribution in [0, 0.1) is 6.92 Å². The van der Waals surface area contributed by atoms with Crippen LogP contribution in [0.3, 0.4) is 0 Å². The third-order valence-electron chi connectivity index (χ3n) is 3.87. The summed E-state index contributed by atoms with van der Waals surface area (Å²) in [7, 11) is 4.18. The molecule has 0 aliphatic carbocycles. The second-order valence-corrected chi connectivity index (χ2v) is 6.52. The molecule has 1 heterocycles. The van der Waals surface area contributed by atoms with Crippen molar-refractivity contribution in [1.82, 2.24) is 0 Å². The molecule has 0 atom stereocenters. The van der Waals surface area contributed by atoms with Gasteiger partial charge in [0.25, 0.3) is 5.91 Å². The number of nitrogens with one attached hydrogen (secondary N) is 1. The maximum atomic E-state index is 12.7. The molecule has 1 N–H and O–H groups in total. The van der Waals surface area contributed by atoms with Crippen molar-refractivity contribution < 1.29 is 33.3 Å². The lowest BCUT2D eigenvalue weighted by Gasteiger charge is -2.10. The zero-order valence-electron chi connectivity index (χ0n) is 16.2. The Balaban J connectivity index is 2.41. The summed E-state index contributed by atoms with van der Waals surface area (Å²) in [6.07, 6.45) is 0. The first kappa shape index (κ1) is 21.2. The first-order valence-corrected chi connectivity index (χ1v) is 9.11. The highest BCUT2D eigenvalue weighted by Crippen LogP contribution is 2.35. The predicted octanol–water partition coefficient (Wildman–Crippen LogP) is 3.29. The van der Waals surface area contributed by atoms with Gasteiger partial charge >= 0.3 is 11.9 Å². The fraction of sp³-hybridized carbons (Fsp3) is 0.316. The molecule has 2 aromatic rings. The van der Waals surface area contributed by atoms with Crippen molar-refractivity contribution in [3.05, 3.63) is 39.8 Å². The van der Waals surface area contributed by atoms with Gasteiger partial charge in [-0.05, 0) is 37.6 Å². The van der Waals surface area contributed by atoms with Gasteiger partial charge in [0.1, 0.15) is 9.88 Å². The quantitative estimate of drug-likeness (QED) is 0.703. The van der Waals surface area contributed by atoms with E-state index in [9.17, 15) is 14.4 Å². The minimum Gasteiger partial charge on any atom is -0.493 e. The first-order chi connectivity index (χ1) is 13.4. The molecule has 1 amide bonds. The molecule has 1 aromatic carbocycles. The summed E-state index contributed by atoms with van der Waals surface area (Å²) < 4.78 is 20.2. The van der Waals surface area contributed by atoms with E-state index in [1.807, 2.05) is 0 Å². The lowest BCUT2D eigenvalue weighted by atomic mass is 10.1. The molecule has 0 radical (unpaired) electrons. The Morgan fingerprint density at radius 1 is 1.04 bits per heavy atom. The number of hydrogen-bond donors (Lipinski definition) is 1. The number of ether oxygens (including phenoxy) is 4. The minimum atomic E-state index is -0.660. The summed E-state index contributed by atoms with van der Waals surface area (Å²) in [6, 6.07) is 4.67. The summed E-state index contributed by atoms with van der Waals surface area (Å²) in [5.74, 6) is -0.847. The number of methoxy groups -OCH3 is 3. The molecule has 0 unspecified atom stereocenters. The smallest absolute Gasteiger partial charge is 0.348 e. The van der Waals surface area contributed by atoms with Gasteiger partial charge in [0.15, 0.2) is 11.5 Å². The van der Waals surface area contributed by atoms with Crippen LogP contribution in [-0.2, 0) is 9.47 Å². The van der Waals surface area contributed by atoms with Crippen LogP contribution in [-0.4, -0.2) is 45.8 Å². The third-order valence-corrected chi connectivity index (χ3v) is 5.06. The lowest BCUT2D eigenvalue weighted by molar-refractivity contribution is 0.0531. The predicted molar refractivity (Wildman–Crippen MR) is 104 cm³/mol. The molecule has 8 nitrogen and oxygen atoms in total. The molecule has 28 heavy (non-hydrogen) atoms. The zero-order chi connectivity index (χ0) is 20.8. The fourth-order valence-electron chi connectivity index (χ4n) is 2.49. The van der Waals surface area contributed by atoms with E-state index in [4.69, 9.17) is 18.9 Å². The number of amides is 1. The maximum absolute atomic E-state index is 12.7. The van der Waals surface area contributed by atoms with Crippen LogP contribution in [0.1, 0.15) is 42.9 Å². The largest absolute Gasteiger partial charge is 0.493 e. The van der Waals surface area contributed by atoms with E-state index in [1.54, 1.807) is 26.0 Å². The van der Waals surface area contributed by atoms with Crippen molar-refractivity contribution >= 4 is 34.2 Å². The Morgan fingerprint density at radius 3 is 2.29 bits per heavy atom. The van der Waals surface area contributed by atoms with E-state index in [0.717, 1.165) is 11.3 Å². The Hall–Kier alpha value is -3.07. The topological polar surface area (TPSA) is 100 Å². The molecule has 0 saturated heterocycles. The number of carbonyl (C=O) groups excluding carboxylic acids is 3. The Bertz CT molecular complexity index is 904. The standard InChI is InChI=1S/C19H21NO7S/c1-6-27-19(23)15-10(2)14(18(22)26-5)17(28-15)20-16(21)11-7-8-12(24-3)13(9-11)25-4/h7-9H,6H2,1-5H3,(H,20,21). The zero-order valence-corrected chi connectivity index (χ0v) is 17.0. The van der Waals surface area contributed by atoms with Gasteiger partial charge in [-0.15, -0.1) is 11.3 Å². The van der Waals surface area contributed by atoms with Gasteiger partial charge in [0.2, 0.25) is 0 Å². The molecule has 0 bridgehead atoms. The van der Waals surface area contributed by atoms with E-state index in [2.05, 4.69) is 5.32 Å². The number of hydrogen-bond acceptors (Lipinski definition) is 8. The van der Waals surface area contributed by atoms with Gasteiger partial charge in [0.05, 0.1) is 33.5 Å². The van der Waals surface area contributed by atoms with Crippen molar-refractivity contribution in [3.8, 4) is 11.5 Å². The van der Waals surface area contributed by atoms with Crippen LogP contribution in [0.25, 0.3) is 0 Å². The number of carbonyl (C=O) groups is 3. The Labute approximate surface area is 166 Å². The summed E-state index contributed by atoms with van der Waals surface area (Å²) >= 11 is 0.955. The van der Waals surface area contributed by atoms with Crippen molar-refractivity contribution in [2.75, 3.05) is 33.3 Å². The highest BCUT2D eigenvalue weighted by molar-refractivity contribution is 7.18. The van der Waals surface area contributed by atoms with Gasteiger partial charge in [-0.1, -0.05) is 0 Å². The number of thiophene rings is 1. The van der Waals surface area contributed by atoms with E-state index in [0.29, 0.717) is 17.1 Å². The highest BCUT2D eigenvalue weighted by Gasteiger charge is 2.27. The molecule has 150 valence electrons. The molecule has 0 saturated carbocycles. The average Bonchev–Trinajstić information content (AvgIpc) is 3.02. The van der Waals surface area contributed by atoms with Crippen molar-refractivity contribution in [3.63, 3.8) is 0 Å². The number of esters is 2. The number of benzene rings is 1. The molecule has 2 rings (SSSR count). The van der Waals surface area contributed by atoms with Crippen LogP contribution in [0.5, 0.6) is 11.5 Å². The highest BCUT2D eigenvalue weighted by atomic mass is 32.1. The van der Waals surface area contributed by atoms with Crippen LogP contribution in [0.2, 0.25) is 0 Å². The maximum Gasteiger partial charge on any atom is 0.348 e. The SMILES string of the molecule is CCOC(=O)c1sc(NC(=O)c2ccc(OC)c(OC)c2)c(C(=O)OC)c1C. The van der Waals surface area contributed by atoms with Crippen molar-refractivity contribution in [1.29, 1.82) is 0 Å². The molecule has 9 heteroatoms. The molecular formula is C19H21NO7S. The third kappa shape index (κ3) is 4.25. The second-order valence-electron chi connectivity index (χ2n) is 5.50. The van der Waals surface area contributed by atoms with Crippen LogP contribution < -0.4 is 14.8 Å². The fourth-order valence-corrected chi connectivity index (χ4v) is 3.58. The molecule has 0 aliphatic rings. The number of anilines is 1. The van der Waals surface area contributed by atoms with Crippen LogP contribution >= 0.6 is 11.3 Å². The summed E-state index contributed by atoms with van der Waals surface area (Å²) in [5.41, 5.74) is 0.791. The van der Waals surface area contributed by atoms with Crippen molar-refractivity contribution in [2.45, 2.75) is 13.8 Å². The first-order valence-electron chi connectivity index (χ1n) is 8.30. The average molecular weight is 407 g/mol.